The second-order valence-corrected chi connectivity index (χ2v) is 4.32. The van der Waals surface area contributed by atoms with Crippen LogP contribution in [0.1, 0.15) is 30.5 Å². The maximum atomic E-state index is 12.1. The number of Topliss-reactive ketones (excluding diaryl/α,β-unsaturated/α-hetero) is 1. The number of aryl methyl sites for hydroxylation is 2. The molecule has 0 bridgehead atoms. The first-order valence-electron chi connectivity index (χ1n) is 6.40. The molecule has 0 aliphatic carbocycles. The van der Waals surface area contributed by atoms with E-state index in [1.807, 2.05) is 45.9 Å². The van der Waals surface area contributed by atoms with Crippen molar-refractivity contribution in [2.45, 2.75) is 40.4 Å². The Bertz CT molecular complexity index is 393. The minimum Gasteiger partial charge on any atom is -0.346 e. The van der Waals surface area contributed by atoms with Crippen LogP contribution in [0.3, 0.4) is 0 Å². The van der Waals surface area contributed by atoms with Gasteiger partial charge < -0.3 is 9.47 Å². The van der Waals surface area contributed by atoms with Gasteiger partial charge in [-0.15, -0.1) is 0 Å². The van der Waals surface area contributed by atoms with Gasteiger partial charge in [-0.3, -0.25) is 4.79 Å². The summed E-state index contributed by atoms with van der Waals surface area (Å²) in [7, 11) is 0. The summed E-state index contributed by atoms with van der Waals surface area (Å²) in [5.41, 5.74) is 3.33. The van der Waals surface area contributed by atoms with Gasteiger partial charge in [0, 0.05) is 19.6 Å². The average molecular weight is 250 g/mol. The largest absolute Gasteiger partial charge is 0.346 e. The molecule has 3 heteroatoms. The summed E-state index contributed by atoms with van der Waals surface area (Å²) in [5, 5.41) is 0. The van der Waals surface area contributed by atoms with E-state index in [-0.39, 0.29) is 5.78 Å². The van der Waals surface area contributed by atoms with E-state index in [0.717, 1.165) is 16.7 Å². The Kier molecular flexibility index (Phi) is 6.02. The number of ether oxygens (including phenoxy) is 2. The molecule has 1 rings (SSSR count). The molecule has 0 aliphatic heterocycles. The van der Waals surface area contributed by atoms with Gasteiger partial charge >= 0.3 is 0 Å². The van der Waals surface area contributed by atoms with E-state index in [9.17, 15) is 4.79 Å². The summed E-state index contributed by atoms with van der Waals surface area (Å²) in [6.07, 6.45) is -0.377. The number of carbonyl (C=O) groups excluding carboxylic acids is 1. The lowest BCUT2D eigenvalue weighted by molar-refractivity contribution is -0.167. The molecule has 0 atom stereocenters. The van der Waals surface area contributed by atoms with Crippen molar-refractivity contribution in [2.24, 2.45) is 0 Å². The number of hydrogen-bond donors (Lipinski definition) is 0. The number of ketones is 1. The SMILES string of the molecule is CCOC(OCC)C(=O)Cc1cc(C)ccc1C. The van der Waals surface area contributed by atoms with Crippen molar-refractivity contribution in [3.05, 3.63) is 34.9 Å². The molecule has 0 saturated heterocycles. The predicted octanol–water partition coefficient (Wildman–Crippen LogP) is 2.81. The van der Waals surface area contributed by atoms with Gasteiger partial charge in [0.15, 0.2) is 5.78 Å². The summed E-state index contributed by atoms with van der Waals surface area (Å²) in [5.74, 6) is -0.0209. The van der Waals surface area contributed by atoms with Crippen molar-refractivity contribution >= 4 is 5.78 Å². The molecule has 0 unspecified atom stereocenters. The highest BCUT2D eigenvalue weighted by atomic mass is 16.7. The Labute approximate surface area is 109 Å². The number of hydrogen-bond acceptors (Lipinski definition) is 3. The minimum atomic E-state index is -0.736. The van der Waals surface area contributed by atoms with Crippen LogP contribution in [0.25, 0.3) is 0 Å². The molecule has 18 heavy (non-hydrogen) atoms. The predicted molar refractivity (Wildman–Crippen MR) is 71.7 cm³/mol. The molecule has 0 spiro atoms. The van der Waals surface area contributed by atoms with E-state index in [0.29, 0.717) is 19.6 Å². The monoisotopic (exact) mass is 250 g/mol. The molecule has 0 heterocycles. The second kappa shape index (κ2) is 7.29. The van der Waals surface area contributed by atoms with Gasteiger partial charge in [0.25, 0.3) is 0 Å². The summed E-state index contributed by atoms with van der Waals surface area (Å²) in [6.45, 7) is 8.70. The van der Waals surface area contributed by atoms with Crippen molar-refractivity contribution < 1.29 is 14.3 Å². The molecular weight excluding hydrogens is 228 g/mol. The van der Waals surface area contributed by atoms with Gasteiger partial charge in [-0.05, 0) is 38.8 Å². The highest BCUT2D eigenvalue weighted by molar-refractivity contribution is 5.84. The first kappa shape index (κ1) is 14.9. The van der Waals surface area contributed by atoms with Crippen molar-refractivity contribution in [3.63, 3.8) is 0 Å². The zero-order valence-corrected chi connectivity index (χ0v) is 11.7. The standard InChI is InChI=1S/C15H22O3/c1-5-17-15(18-6-2)14(16)10-13-9-11(3)7-8-12(13)4/h7-9,15H,5-6,10H2,1-4H3. The molecule has 0 fully saturated rings. The van der Waals surface area contributed by atoms with E-state index in [1.165, 1.54) is 0 Å². The Balaban J connectivity index is 2.75. The summed E-state index contributed by atoms with van der Waals surface area (Å²) < 4.78 is 10.6. The van der Waals surface area contributed by atoms with Crippen molar-refractivity contribution in [2.75, 3.05) is 13.2 Å². The quantitative estimate of drug-likeness (QED) is 0.698. The molecule has 0 aromatic heterocycles. The van der Waals surface area contributed by atoms with Gasteiger partial charge in [0.1, 0.15) is 0 Å². The Morgan fingerprint density at radius 3 is 2.33 bits per heavy atom. The van der Waals surface area contributed by atoms with Crippen LogP contribution in [-0.4, -0.2) is 25.3 Å². The lowest BCUT2D eigenvalue weighted by Gasteiger charge is -2.16. The van der Waals surface area contributed by atoms with E-state index < -0.39 is 6.29 Å². The first-order chi connectivity index (χ1) is 8.58. The van der Waals surface area contributed by atoms with Gasteiger partial charge in [0.05, 0.1) is 0 Å². The number of benzene rings is 1. The molecule has 1 aromatic rings. The molecule has 0 radical (unpaired) electrons. The van der Waals surface area contributed by atoms with E-state index in [2.05, 4.69) is 0 Å². The van der Waals surface area contributed by atoms with Crippen LogP contribution in [-0.2, 0) is 20.7 Å². The Morgan fingerprint density at radius 2 is 1.78 bits per heavy atom. The summed E-state index contributed by atoms with van der Waals surface area (Å²) in [6, 6.07) is 6.13. The molecule has 100 valence electrons. The normalized spacial score (nSPS) is 10.9. The van der Waals surface area contributed by atoms with E-state index in [4.69, 9.17) is 9.47 Å². The average Bonchev–Trinajstić information content (AvgIpc) is 2.33. The third-order valence-electron chi connectivity index (χ3n) is 2.77. The third-order valence-corrected chi connectivity index (χ3v) is 2.77. The third kappa shape index (κ3) is 4.24. The van der Waals surface area contributed by atoms with Crippen LogP contribution in [0.2, 0.25) is 0 Å². The highest BCUT2D eigenvalue weighted by Crippen LogP contribution is 2.13. The molecule has 0 amide bonds. The fraction of sp³-hybridized carbons (Fsp3) is 0.533. The van der Waals surface area contributed by atoms with E-state index in [1.54, 1.807) is 0 Å². The Hall–Kier alpha value is -1.19. The van der Waals surface area contributed by atoms with Crippen molar-refractivity contribution in [1.82, 2.24) is 0 Å². The summed E-state index contributed by atoms with van der Waals surface area (Å²) >= 11 is 0. The van der Waals surface area contributed by atoms with Gasteiger partial charge in [-0.1, -0.05) is 23.8 Å². The second-order valence-electron chi connectivity index (χ2n) is 4.32. The van der Waals surface area contributed by atoms with E-state index >= 15 is 0 Å². The van der Waals surface area contributed by atoms with Crippen LogP contribution >= 0.6 is 0 Å². The number of carbonyl (C=O) groups is 1. The number of rotatable bonds is 7. The van der Waals surface area contributed by atoms with Crippen molar-refractivity contribution in [1.29, 1.82) is 0 Å². The first-order valence-corrected chi connectivity index (χ1v) is 6.40. The molecule has 0 saturated carbocycles. The molecular formula is C15H22O3. The fourth-order valence-electron chi connectivity index (χ4n) is 1.80. The topological polar surface area (TPSA) is 35.5 Å². The Morgan fingerprint density at radius 1 is 1.17 bits per heavy atom. The molecule has 0 aliphatic rings. The van der Waals surface area contributed by atoms with Gasteiger partial charge in [0.2, 0.25) is 6.29 Å². The molecule has 1 aromatic carbocycles. The van der Waals surface area contributed by atoms with Crippen LogP contribution in [0.4, 0.5) is 0 Å². The van der Waals surface area contributed by atoms with Crippen LogP contribution in [0.15, 0.2) is 18.2 Å². The van der Waals surface area contributed by atoms with Crippen LogP contribution in [0, 0.1) is 13.8 Å². The zero-order valence-electron chi connectivity index (χ0n) is 11.7. The lowest BCUT2D eigenvalue weighted by atomic mass is 10.0. The van der Waals surface area contributed by atoms with Gasteiger partial charge in [-0.25, -0.2) is 0 Å². The fourth-order valence-corrected chi connectivity index (χ4v) is 1.80. The molecule has 3 nitrogen and oxygen atoms in total. The molecule has 0 N–H and O–H groups in total. The maximum absolute atomic E-state index is 12.1. The smallest absolute Gasteiger partial charge is 0.218 e. The lowest BCUT2D eigenvalue weighted by Crippen LogP contribution is -2.29. The maximum Gasteiger partial charge on any atom is 0.218 e. The van der Waals surface area contributed by atoms with Crippen LogP contribution < -0.4 is 0 Å². The minimum absolute atomic E-state index is 0.0209. The highest BCUT2D eigenvalue weighted by Gasteiger charge is 2.19. The van der Waals surface area contributed by atoms with Crippen LogP contribution in [0.5, 0.6) is 0 Å². The van der Waals surface area contributed by atoms with Crippen molar-refractivity contribution in [3.8, 4) is 0 Å². The zero-order chi connectivity index (χ0) is 13.5. The summed E-state index contributed by atoms with van der Waals surface area (Å²) in [4.78, 5) is 12.1. The van der Waals surface area contributed by atoms with Gasteiger partial charge in [-0.2, -0.15) is 0 Å².